The Kier molecular flexibility index (Phi) is 8.04. The largest absolute Gasteiger partial charge is 0.455 e. The molecule has 0 amide bonds. The number of anilines is 3. The lowest BCUT2D eigenvalue weighted by molar-refractivity contribution is 0.670. The number of fused-ring (bicyclic) bond motifs is 6. The quantitative estimate of drug-likeness (QED) is 0.162. The summed E-state index contributed by atoms with van der Waals surface area (Å²) >= 11 is 1.85. The molecule has 9 aromatic carbocycles. The molecule has 11 rings (SSSR count). The van der Waals surface area contributed by atoms with E-state index < -0.39 is 0 Å². The molecular formula is C54H35NOS. The van der Waals surface area contributed by atoms with E-state index in [9.17, 15) is 0 Å². The van der Waals surface area contributed by atoms with E-state index >= 15 is 0 Å². The second-order valence-corrected chi connectivity index (χ2v) is 15.6. The minimum Gasteiger partial charge on any atom is -0.455 e. The van der Waals surface area contributed by atoms with Crippen LogP contribution in [-0.4, -0.2) is 0 Å². The molecule has 0 radical (unpaired) electrons. The molecule has 57 heavy (non-hydrogen) atoms. The fourth-order valence-corrected chi connectivity index (χ4v) is 9.38. The van der Waals surface area contributed by atoms with Crippen molar-refractivity contribution in [3.63, 3.8) is 0 Å². The highest BCUT2D eigenvalue weighted by Crippen LogP contribution is 2.42. The summed E-state index contributed by atoms with van der Waals surface area (Å²) in [5, 5.41) is 4.85. The SMILES string of the molecule is c1ccc(-c2cccc(-c3ccc(N(c4ccc(-c5ccc6oc7c(-c8ccccc8)cccc7c6c5)cc4)c4ccc5c(c4)sc4ccccc45)cc3)c2)cc1. The topological polar surface area (TPSA) is 16.4 Å². The van der Waals surface area contributed by atoms with Crippen molar-refractivity contribution >= 4 is 70.5 Å². The zero-order valence-electron chi connectivity index (χ0n) is 31.0. The molecule has 0 fully saturated rings. The summed E-state index contributed by atoms with van der Waals surface area (Å²) in [4.78, 5) is 2.37. The molecule has 0 saturated heterocycles. The van der Waals surface area contributed by atoms with Crippen LogP contribution in [0.3, 0.4) is 0 Å². The fraction of sp³-hybridized carbons (Fsp3) is 0. The summed E-state index contributed by atoms with van der Waals surface area (Å²) in [6, 6.07) is 76.3. The summed E-state index contributed by atoms with van der Waals surface area (Å²) in [5.41, 5.74) is 14.5. The van der Waals surface area contributed by atoms with Gasteiger partial charge in [0.1, 0.15) is 11.2 Å². The van der Waals surface area contributed by atoms with Gasteiger partial charge in [-0.05, 0) is 99.6 Å². The van der Waals surface area contributed by atoms with E-state index in [0.29, 0.717) is 0 Å². The number of benzene rings is 9. The van der Waals surface area contributed by atoms with Crippen LogP contribution in [-0.2, 0) is 0 Å². The van der Waals surface area contributed by atoms with Crippen LogP contribution in [0.5, 0.6) is 0 Å². The van der Waals surface area contributed by atoms with E-state index in [-0.39, 0.29) is 0 Å². The Labute approximate surface area is 335 Å². The zero-order chi connectivity index (χ0) is 37.7. The number of thiophene rings is 1. The van der Waals surface area contributed by atoms with Gasteiger partial charge in [-0.2, -0.15) is 0 Å². The number of hydrogen-bond donors (Lipinski definition) is 0. The third kappa shape index (κ3) is 5.97. The molecule has 268 valence electrons. The first-order valence-corrected chi connectivity index (χ1v) is 20.1. The second-order valence-electron chi connectivity index (χ2n) is 14.5. The van der Waals surface area contributed by atoms with Crippen LogP contribution >= 0.6 is 11.3 Å². The van der Waals surface area contributed by atoms with Crippen molar-refractivity contribution < 1.29 is 4.42 Å². The van der Waals surface area contributed by atoms with E-state index in [1.54, 1.807) is 0 Å². The summed E-state index contributed by atoms with van der Waals surface area (Å²) in [6.07, 6.45) is 0. The van der Waals surface area contributed by atoms with Gasteiger partial charge in [0, 0.05) is 53.6 Å². The fourth-order valence-electron chi connectivity index (χ4n) is 8.24. The molecule has 0 N–H and O–H groups in total. The van der Waals surface area contributed by atoms with Gasteiger partial charge >= 0.3 is 0 Å². The van der Waals surface area contributed by atoms with Crippen molar-refractivity contribution in [1.82, 2.24) is 0 Å². The Hall–Kier alpha value is -7.20. The van der Waals surface area contributed by atoms with E-state index in [1.807, 2.05) is 17.4 Å². The van der Waals surface area contributed by atoms with Crippen LogP contribution in [0.15, 0.2) is 217 Å². The standard InChI is InChI=1S/C54H35NOS/c1-3-11-36(12-4-1)40-15-9-16-41(33-40)37-21-26-43(27-22-37)55(45-30-31-48-47-17-7-8-20-52(47)57-53(48)35-45)44-28-23-38(24-29-44)42-25-32-51-50(34-42)49-19-10-18-46(54(49)56-51)39-13-5-2-6-14-39/h1-35H. The highest BCUT2D eigenvalue weighted by Gasteiger charge is 2.17. The van der Waals surface area contributed by atoms with E-state index in [2.05, 4.69) is 211 Å². The predicted octanol–water partition coefficient (Wildman–Crippen LogP) is 16.1. The smallest absolute Gasteiger partial charge is 0.143 e. The van der Waals surface area contributed by atoms with Gasteiger partial charge in [-0.25, -0.2) is 0 Å². The Balaban J connectivity index is 0.976. The first kappa shape index (κ1) is 33.2. The highest BCUT2D eigenvalue weighted by molar-refractivity contribution is 7.25. The van der Waals surface area contributed by atoms with Gasteiger partial charge in [0.25, 0.3) is 0 Å². The normalized spacial score (nSPS) is 11.5. The van der Waals surface area contributed by atoms with Gasteiger partial charge in [0.15, 0.2) is 0 Å². The summed E-state index contributed by atoms with van der Waals surface area (Å²) in [5.74, 6) is 0. The van der Waals surface area contributed by atoms with Crippen molar-refractivity contribution in [2.45, 2.75) is 0 Å². The Morgan fingerprint density at radius 3 is 1.56 bits per heavy atom. The van der Waals surface area contributed by atoms with Crippen LogP contribution in [0.25, 0.3) is 86.6 Å². The van der Waals surface area contributed by atoms with Crippen LogP contribution in [0.4, 0.5) is 17.1 Å². The Morgan fingerprint density at radius 2 is 0.842 bits per heavy atom. The van der Waals surface area contributed by atoms with Gasteiger partial charge in [-0.1, -0.05) is 152 Å². The van der Waals surface area contributed by atoms with Crippen molar-refractivity contribution in [3.8, 4) is 44.5 Å². The number of nitrogens with zero attached hydrogens (tertiary/aromatic N) is 1. The molecule has 0 bridgehead atoms. The van der Waals surface area contributed by atoms with E-state index in [0.717, 1.165) is 61.3 Å². The van der Waals surface area contributed by atoms with Crippen LogP contribution in [0, 0.1) is 0 Å². The van der Waals surface area contributed by atoms with Gasteiger partial charge in [-0.3, -0.25) is 0 Å². The van der Waals surface area contributed by atoms with Gasteiger partial charge in [-0.15, -0.1) is 11.3 Å². The van der Waals surface area contributed by atoms with E-state index in [4.69, 9.17) is 4.42 Å². The molecule has 2 aromatic heterocycles. The minimum atomic E-state index is 0.895. The Bertz CT molecular complexity index is 3210. The lowest BCUT2D eigenvalue weighted by Gasteiger charge is -2.26. The van der Waals surface area contributed by atoms with Crippen molar-refractivity contribution in [2.24, 2.45) is 0 Å². The zero-order valence-corrected chi connectivity index (χ0v) is 31.8. The highest BCUT2D eigenvalue weighted by atomic mass is 32.1. The van der Waals surface area contributed by atoms with Crippen molar-refractivity contribution in [1.29, 1.82) is 0 Å². The molecule has 2 heterocycles. The van der Waals surface area contributed by atoms with Gasteiger partial charge < -0.3 is 9.32 Å². The van der Waals surface area contributed by atoms with Gasteiger partial charge in [0.05, 0.1) is 0 Å². The van der Waals surface area contributed by atoms with Crippen LogP contribution < -0.4 is 4.90 Å². The lowest BCUT2D eigenvalue weighted by Crippen LogP contribution is -2.09. The maximum atomic E-state index is 6.48. The summed E-state index contributed by atoms with van der Waals surface area (Å²) in [7, 11) is 0. The average Bonchev–Trinajstić information content (AvgIpc) is 3.85. The first-order chi connectivity index (χ1) is 28.2. The minimum absolute atomic E-state index is 0.895. The molecule has 3 heteroatoms. The predicted molar refractivity (Wildman–Crippen MR) is 243 cm³/mol. The van der Waals surface area contributed by atoms with Crippen molar-refractivity contribution in [2.75, 3.05) is 4.90 Å². The summed E-state index contributed by atoms with van der Waals surface area (Å²) < 4.78 is 9.07. The molecule has 0 unspecified atom stereocenters. The number of para-hydroxylation sites is 1. The van der Waals surface area contributed by atoms with Crippen LogP contribution in [0.2, 0.25) is 0 Å². The molecule has 0 aliphatic carbocycles. The third-order valence-electron chi connectivity index (χ3n) is 11.1. The van der Waals surface area contributed by atoms with Gasteiger partial charge in [0.2, 0.25) is 0 Å². The molecule has 0 spiro atoms. The lowest BCUT2D eigenvalue weighted by atomic mass is 9.98. The monoisotopic (exact) mass is 745 g/mol. The van der Waals surface area contributed by atoms with Crippen molar-refractivity contribution in [3.05, 3.63) is 212 Å². The molecule has 0 atom stereocenters. The van der Waals surface area contributed by atoms with E-state index in [1.165, 1.54) is 42.4 Å². The Morgan fingerprint density at radius 1 is 0.316 bits per heavy atom. The molecule has 0 aliphatic heterocycles. The number of hydrogen-bond acceptors (Lipinski definition) is 3. The molecular weight excluding hydrogens is 711 g/mol. The maximum absolute atomic E-state index is 6.48. The number of furan rings is 1. The maximum Gasteiger partial charge on any atom is 0.143 e. The third-order valence-corrected chi connectivity index (χ3v) is 12.2. The van der Waals surface area contributed by atoms with Crippen LogP contribution in [0.1, 0.15) is 0 Å². The molecule has 0 aliphatic rings. The summed E-state index contributed by atoms with van der Waals surface area (Å²) in [6.45, 7) is 0. The molecule has 11 aromatic rings. The number of rotatable bonds is 7. The second kappa shape index (κ2) is 13.8. The first-order valence-electron chi connectivity index (χ1n) is 19.3. The average molecular weight is 746 g/mol. The molecule has 2 nitrogen and oxygen atoms in total. The molecule has 0 saturated carbocycles.